The van der Waals surface area contributed by atoms with E-state index in [1.807, 2.05) is 4.90 Å². The number of quaternary nitrogens is 1. The lowest BCUT2D eigenvalue weighted by molar-refractivity contribution is -0.892. The van der Waals surface area contributed by atoms with Crippen LogP contribution in [0, 0.1) is 18.3 Å². The summed E-state index contributed by atoms with van der Waals surface area (Å²) in [4.78, 5) is 21.5. The number of H-pyrrole nitrogens is 1. The van der Waals surface area contributed by atoms with Gasteiger partial charge in [-0.2, -0.15) is 5.26 Å². The third-order valence-electron chi connectivity index (χ3n) is 6.53. The number of morpholine rings is 1. The minimum atomic E-state index is -0.258. The number of nitriles is 1. The molecule has 4 heterocycles. The van der Waals surface area contributed by atoms with E-state index in [1.165, 1.54) is 4.90 Å². The van der Waals surface area contributed by atoms with Crippen molar-refractivity contribution in [3.8, 4) is 6.07 Å². The van der Waals surface area contributed by atoms with Crippen LogP contribution in [0.4, 0.5) is 5.82 Å². The first kappa shape index (κ1) is 21.0. The van der Waals surface area contributed by atoms with Crippen molar-refractivity contribution >= 4 is 11.7 Å². The zero-order chi connectivity index (χ0) is 21.3. The van der Waals surface area contributed by atoms with Crippen molar-refractivity contribution in [2.75, 3.05) is 63.9 Å². The summed E-state index contributed by atoms with van der Waals surface area (Å²) in [7, 11) is 0. The smallest absolute Gasteiger partial charge is 0.293 e. The molecule has 0 atom stereocenters. The van der Waals surface area contributed by atoms with E-state index in [4.69, 9.17) is 9.47 Å². The van der Waals surface area contributed by atoms with Crippen LogP contribution in [-0.4, -0.2) is 75.4 Å². The van der Waals surface area contributed by atoms with Gasteiger partial charge in [-0.05, 0) is 26.3 Å². The highest BCUT2D eigenvalue weighted by Gasteiger charge is 2.36. The van der Waals surface area contributed by atoms with Gasteiger partial charge in [-0.3, -0.25) is 4.79 Å². The number of nitrogens with zero attached hydrogens (tertiary/aromatic N) is 3. The van der Waals surface area contributed by atoms with Gasteiger partial charge in [0.15, 0.2) is 6.54 Å². The van der Waals surface area contributed by atoms with Gasteiger partial charge in [0.2, 0.25) is 0 Å². The molecule has 1 amide bonds. The third kappa shape index (κ3) is 4.29. The predicted molar refractivity (Wildman–Crippen MR) is 110 cm³/mol. The lowest BCUT2D eigenvalue weighted by Crippen LogP contribution is -3.16. The molecule has 2 saturated heterocycles. The fraction of sp³-hybridized carbons (Fsp3) is 0.682. The molecule has 0 spiro atoms. The van der Waals surface area contributed by atoms with Gasteiger partial charge < -0.3 is 19.3 Å². The van der Waals surface area contributed by atoms with Crippen LogP contribution in [0.25, 0.3) is 0 Å². The molecule has 0 aromatic carbocycles. The third-order valence-corrected chi connectivity index (χ3v) is 6.53. The number of aryl methyl sites for hydroxylation is 1. The number of anilines is 1. The Morgan fingerprint density at radius 3 is 2.57 bits per heavy atom. The molecule has 2 N–H and O–H groups in total. The maximum atomic E-state index is 12.6. The lowest BCUT2D eigenvalue weighted by Gasteiger charge is -2.34. The van der Waals surface area contributed by atoms with E-state index in [0.717, 1.165) is 60.8 Å². The Kier molecular flexibility index (Phi) is 5.96. The summed E-state index contributed by atoms with van der Waals surface area (Å²) in [6, 6.07) is 2.46. The van der Waals surface area contributed by atoms with Crippen molar-refractivity contribution in [2.24, 2.45) is 0 Å². The van der Waals surface area contributed by atoms with E-state index >= 15 is 0 Å². The Bertz CT molecular complexity index is 849. The number of fused-ring (bicyclic) bond motifs is 1. The van der Waals surface area contributed by atoms with E-state index < -0.39 is 0 Å². The second kappa shape index (κ2) is 8.50. The molecule has 3 aliphatic heterocycles. The van der Waals surface area contributed by atoms with Crippen molar-refractivity contribution in [3.05, 3.63) is 22.4 Å². The minimum absolute atomic E-state index is 0.220. The summed E-state index contributed by atoms with van der Waals surface area (Å²) in [5, 5.41) is 9.98. The maximum absolute atomic E-state index is 12.6. The molecule has 8 heteroatoms. The number of nitrogens with one attached hydrogen (secondary N) is 2. The quantitative estimate of drug-likeness (QED) is 0.692. The Balaban J connectivity index is 1.45. The number of amides is 1. The van der Waals surface area contributed by atoms with Crippen LogP contribution in [-0.2, 0) is 27.3 Å². The number of aromatic amines is 1. The van der Waals surface area contributed by atoms with E-state index in [9.17, 15) is 10.1 Å². The molecule has 1 aromatic rings. The van der Waals surface area contributed by atoms with Crippen LogP contribution in [0.3, 0.4) is 0 Å². The molecule has 2 fully saturated rings. The number of ether oxygens (including phenoxy) is 2. The molecular weight excluding hydrogens is 382 g/mol. The summed E-state index contributed by atoms with van der Waals surface area (Å²) in [5.41, 5.74) is 3.81. The fourth-order valence-electron chi connectivity index (χ4n) is 4.69. The van der Waals surface area contributed by atoms with Crippen LogP contribution in [0.1, 0.15) is 36.2 Å². The zero-order valence-electron chi connectivity index (χ0n) is 18.3. The van der Waals surface area contributed by atoms with Crippen LogP contribution in [0.5, 0.6) is 0 Å². The van der Waals surface area contributed by atoms with E-state index in [2.05, 4.69) is 36.7 Å². The van der Waals surface area contributed by atoms with Crippen molar-refractivity contribution in [3.63, 3.8) is 0 Å². The first-order valence-electron chi connectivity index (χ1n) is 10.9. The number of carbonyl (C=O) groups excluding carboxylic acids is 1. The summed E-state index contributed by atoms with van der Waals surface area (Å²) in [6.07, 6.45) is 0.743. The van der Waals surface area contributed by atoms with Crippen molar-refractivity contribution in [2.45, 2.75) is 39.4 Å². The molecule has 162 valence electrons. The highest BCUT2D eigenvalue weighted by molar-refractivity contribution is 5.77. The number of aromatic nitrogens is 1. The van der Waals surface area contributed by atoms with Crippen molar-refractivity contribution in [1.29, 1.82) is 5.26 Å². The highest BCUT2D eigenvalue weighted by atomic mass is 16.5. The SMILES string of the molecule is Cc1[nH+]c(N2CC[NH+](CC(=O)N3CCOCC3)CC2)c(C#N)c2c1COC(C)(C)C2. The summed E-state index contributed by atoms with van der Waals surface area (Å²) in [5.74, 6) is 1.14. The monoisotopic (exact) mass is 415 g/mol. The molecule has 0 aliphatic carbocycles. The summed E-state index contributed by atoms with van der Waals surface area (Å²) in [6.45, 7) is 13.4. The van der Waals surface area contributed by atoms with Crippen LogP contribution < -0.4 is 14.8 Å². The zero-order valence-corrected chi connectivity index (χ0v) is 18.3. The molecule has 0 saturated carbocycles. The topological polar surface area (TPSA) is 84.4 Å². The number of piperazine rings is 1. The molecule has 1 aromatic heterocycles. The predicted octanol–water partition coefficient (Wildman–Crippen LogP) is -0.904. The average molecular weight is 416 g/mol. The standard InChI is InChI=1S/C22H31N5O3/c1-16-19-15-30-22(2,3)12-17(19)18(13-23)21(24-16)27-6-4-25(5-7-27)14-20(28)26-8-10-29-11-9-26/h4-12,14-15H2,1-3H3/p+2. The minimum Gasteiger partial charge on any atom is -0.378 e. The van der Waals surface area contributed by atoms with Gasteiger partial charge in [-0.25, -0.2) is 9.88 Å². The average Bonchev–Trinajstić information content (AvgIpc) is 2.74. The molecule has 0 bridgehead atoms. The molecule has 3 aliphatic rings. The maximum Gasteiger partial charge on any atom is 0.293 e. The number of hydrogen-bond acceptors (Lipinski definition) is 5. The first-order chi connectivity index (χ1) is 14.4. The normalized spacial score (nSPS) is 21.8. The van der Waals surface area contributed by atoms with Gasteiger partial charge in [-0.1, -0.05) is 0 Å². The Hall–Kier alpha value is -2.21. The Morgan fingerprint density at radius 2 is 1.90 bits per heavy atom. The lowest BCUT2D eigenvalue weighted by atomic mass is 9.88. The van der Waals surface area contributed by atoms with E-state index in [0.29, 0.717) is 39.5 Å². The largest absolute Gasteiger partial charge is 0.378 e. The number of pyridine rings is 1. The van der Waals surface area contributed by atoms with E-state index in [-0.39, 0.29) is 11.5 Å². The van der Waals surface area contributed by atoms with Crippen LogP contribution in [0.2, 0.25) is 0 Å². The van der Waals surface area contributed by atoms with Crippen LogP contribution >= 0.6 is 0 Å². The molecule has 8 nitrogen and oxygen atoms in total. The fourth-order valence-corrected chi connectivity index (χ4v) is 4.69. The summed E-state index contributed by atoms with van der Waals surface area (Å²) >= 11 is 0. The van der Waals surface area contributed by atoms with Gasteiger partial charge in [0, 0.05) is 25.1 Å². The van der Waals surface area contributed by atoms with Crippen LogP contribution in [0.15, 0.2) is 0 Å². The molecule has 0 radical (unpaired) electrons. The molecule has 30 heavy (non-hydrogen) atoms. The van der Waals surface area contributed by atoms with E-state index in [1.54, 1.807) is 0 Å². The van der Waals surface area contributed by atoms with Gasteiger partial charge in [-0.15, -0.1) is 0 Å². The highest BCUT2D eigenvalue weighted by Crippen LogP contribution is 2.33. The Labute approximate surface area is 178 Å². The first-order valence-corrected chi connectivity index (χ1v) is 10.9. The second-order valence-electron chi connectivity index (χ2n) is 9.17. The second-order valence-corrected chi connectivity index (χ2v) is 9.17. The Morgan fingerprint density at radius 1 is 1.20 bits per heavy atom. The number of rotatable bonds is 3. The number of hydrogen-bond donors (Lipinski definition) is 1. The summed E-state index contributed by atoms with van der Waals surface area (Å²) < 4.78 is 11.3. The molecule has 0 unspecified atom stereocenters. The van der Waals surface area contributed by atoms with Gasteiger partial charge in [0.25, 0.3) is 11.7 Å². The van der Waals surface area contributed by atoms with Gasteiger partial charge in [0.1, 0.15) is 43.5 Å². The van der Waals surface area contributed by atoms with Gasteiger partial charge >= 0.3 is 0 Å². The van der Waals surface area contributed by atoms with Gasteiger partial charge in [0.05, 0.1) is 25.4 Å². The molecule has 4 rings (SSSR count). The molecular formula is C22H33N5O3+2. The van der Waals surface area contributed by atoms with Crippen molar-refractivity contribution < 1.29 is 24.2 Å². The number of carbonyl (C=O) groups is 1. The van der Waals surface area contributed by atoms with Crippen molar-refractivity contribution in [1.82, 2.24) is 4.90 Å².